The number of carbonyl (C=O) groups excluding carboxylic acids is 1. The summed E-state index contributed by atoms with van der Waals surface area (Å²) in [5, 5.41) is 21.5. The maximum Gasteiger partial charge on any atom is 0.240 e. The molecule has 2 fully saturated rings. The van der Waals surface area contributed by atoms with Crippen molar-refractivity contribution in [2.45, 2.75) is 45.4 Å². The molecule has 0 bridgehead atoms. The second kappa shape index (κ2) is 5.92. The third-order valence-corrected chi connectivity index (χ3v) is 4.87. The predicted octanol–water partition coefficient (Wildman–Crippen LogP) is 1.84. The van der Waals surface area contributed by atoms with Gasteiger partial charge >= 0.3 is 0 Å². The maximum absolute atomic E-state index is 12.2. The minimum absolute atomic E-state index is 0.102. The monoisotopic (exact) mass is 264 g/mol. The Balaban J connectivity index is 1.84. The van der Waals surface area contributed by atoms with Crippen LogP contribution in [0.15, 0.2) is 0 Å². The largest absolute Gasteiger partial charge is 0.396 e. The number of carbonyl (C=O) groups is 1. The highest BCUT2D eigenvalue weighted by atomic mass is 16.3. The Morgan fingerprint density at radius 2 is 2.00 bits per heavy atom. The van der Waals surface area contributed by atoms with Gasteiger partial charge in [0.2, 0.25) is 5.91 Å². The molecule has 0 radical (unpaired) electrons. The molecule has 2 saturated carbocycles. The van der Waals surface area contributed by atoms with Crippen molar-refractivity contribution in [2.24, 2.45) is 23.2 Å². The van der Waals surface area contributed by atoms with Crippen molar-refractivity contribution in [1.82, 2.24) is 5.32 Å². The average Bonchev–Trinajstić information content (AvgIpc) is 2.41. The van der Waals surface area contributed by atoms with E-state index in [9.17, 15) is 15.2 Å². The molecule has 0 saturated heterocycles. The summed E-state index contributed by atoms with van der Waals surface area (Å²) in [7, 11) is 0. The van der Waals surface area contributed by atoms with Gasteiger partial charge < -0.3 is 10.4 Å². The average molecular weight is 264 g/mol. The number of nitrogens with zero attached hydrogens (tertiary/aromatic N) is 1. The van der Waals surface area contributed by atoms with Crippen molar-refractivity contribution in [3.05, 3.63) is 0 Å². The Hall–Kier alpha value is -1.08. The molecule has 106 valence electrons. The van der Waals surface area contributed by atoms with Crippen LogP contribution in [0.25, 0.3) is 0 Å². The molecule has 2 rings (SSSR count). The summed E-state index contributed by atoms with van der Waals surface area (Å²) in [5.74, 6) is 1.06. The van der Waals surface area contributed by atoms with Crippen LogP contribution in [0.5, 0.6) is 0 Å². The summed E-state index contributed by atoms with van der Waals surface area (Å²) < 4.78 is 0. The van der Waals surface area contributed by atoms with Gasteiger partial charge in [-0.05, 0) is 43.4 Å². The van der Waals surface area contributed by atoms with Gasteiger partial charge in [-0.1, -0.05) is 19.8 Å². The lowest BCUT2D eigenvalue weighted by Gasteiger charge is -2.40. The summed E-state index contributed by atoms with van der Waals surface area (Å²) in [6.07, 6.45) is 5.85. The number of nitriles is 1. The second-order valence-electron chi connectivity index (χ2n) is 6.40. The molecule has 2 aliphatic carbocycles. The van der Waals surface area contributed by atoms with E-state index >= 15 is 0 Å². The lowest BCUT2D eigenvalue weighted by atomic mass is 9.63. The second-order valence-corrected chi connectivity index (χ2v) is 6.40. The fourth-order valence-electron chi connectivity index (χ4n) is 3.64. The van der Waals surface area contributed by atoms with Crippen molar-refractivity contribution in [3.8, 4) is 6.07 Å². The summed E-state index contributed by atoms with van der Waals surface area (Å²) in [6.45, 7) is 2.90. The molecule has 0 heterocycles. The Kier molecular flexibility index (Phi) is 4.46. The number of rotatable bonds is 4. The van der Waals surface area contributed by atoms with E-state index in [-0.39, 0.29) is 12.5 Å². The number of amides is 1. The lowest BCUT2D eigenvalue weighted by Crippen LogP contribution is -2.49. The number of hydrogen-bond acceptors (Lipinski definition) is 3. The Morgan fingerprint density at radius 1 is 1.37 bits per heavy atom. The van der Waals surface area contributed by atoms with Crippen LogP contribution in [0.3, 0.4) is 0 Å². The van der Waals surface area contributed by atoms with Crippen LogP contribution in [-0.2, 0) is 4.79 Å². The van der Waals surface area contributed by atoms with Crippen molar-refractivity contribution < 1.29 is 9.90 Å². The van der Waals surface area contributed by atoms with Crippen LogP contribution in [0.2, 0.25) is 0 Å². The predicted molar refractivity (Wildman–Crippen MR) is 72.0 cm³/mol. The first-order valence-corrected chi connectivity index (χ1v) is 7.41. The fourth-order valence-corrected chi connectivity index (χ4v) is 3.64. The van der Waals surface area contributed by atoms with Crippen LogP contribution < -0.4 is 5.32 Å². The molecule has 2 unspecified atom stereocenters. The third-order valence-electron chi connectivity index (χ3n) is 4.87. The topological polar surface area (TPSA) is 73.1 Å². The van der Waals surface area contributed by atoms with Gasteiger partial charge in [-0.2, -0.15) is 5.26 Å². The van der Waals surface area contributed by atoms with E-state index in [4.69, 9.17) is 0 Å². The van der Waals surface area contributed by atoms with Gasteiger partial charge in [0.25, 0.3) is 0 Å². The SMILES string of the molecule is CC1CC(C#N)(C(=O)NCC2CCCCC2CO)C1. The smallest absolute Gasteiger partial charge is 0.240 e. The van der Waals surface area contributed by atoms with Crippen LogP contribution in [0.4, 0.5) is 0 Å². The van der Waals surface area contributed by atoms with Gasteiger partial charge in [0.1, 0.15) is 5.41 Å². The van der Waals surface area contributed by atoms with Gasteiger partial charge in [0, 0.05) is 13.2 Å². The Bertz CT molecular complexity index is 369. The van der Waals surface area contributed by atoms with Crippen molar-refractivity contribution in [2.75, 3.05) is 13.2 Å². The zero-order valence-corrected chi connectivity index (χ0v) is 11.7. The summed E-state index contributed by atoms with van der Waals surface area (Å²) in [6, 6.07) is 2.20. The van der Waals surface area contributed by atoms with E-state index in [0.717, 1.165) is 12.8 Å². The maximum atomic E-state index is 12.2. The van der Waals surface area contributed by atoms with Gasteiger partial charge in [-0.25, -0.2) is 0 Å². The Labute approximate surface area is 115 Å². The van der Waals surface area contributed by atoms with Crippen LogP contribution in [0, 0.1) is 34.5 Å². The van der Waals surface area contributed by atoms with E-state index in [1.54, 1.807) is 0 Å². The molecule has 0 aromatic rings. The molecule has 2 N–H and O–H groups in total. The fraction of sp³-hybridized carbons (Fsp3) is 0.867. The minimum atomic E-state index is -0.775. The van der Waals surface area contributed by atoms with Gasteiger partial charge in [-0.15, -0.1) is 0 Å². The molecule has 0 aromatic carbocycles. The van der Waals surface area contributed by atoms with Gasteiger partial charge in [0.05, 0.1) is 6.07 Å². The first kappa shape index (κ1) is 14.3. The first-order valence-electron chi connectivity index (χ1n) is 7.41. The molecule has 0 aromatic heterocycles. The minimum Gasteiger partial charge on any atom is -0.396 e. The molecule has 2 atom stereocenters. The number of hydrogen-bond donors (Lipinski definition) is 2. The highest BCUT2D eigenvalue weighted by molar-refractivity contribution is 5.86. The molecule has 19 heavy (non-hydrogen) atoms. The quantitative estimate of drug-likeness (QED) is 0.813. The van der Waals surface area contributed by atoms with Crippen LogP contribution in [-0.4, -0.2) is 24.2 Å². The molecule has 2 aliphatic rings. The van der Waals surface area contributed by atoms with Crippen molar-refractivity contribution in [3.63, 3.8) is 0 Å². The molecule has 1 amide bonds. The lowest BCUT2D eigenvalue weighted by molar-refractivity contribution is -0.134. The first-order chi connectivity index (χ1) is 9.11. The number of aliphatic hydroxyl groups excluding tert-OH is 1. The number of nitrogens with one attached hydrogen (secondary N) is 1. The van der Waals surface area contributed by atoms with Gasteiger partial charge in [-0.3, -0.25) is 4.79 Å². The number of aliphatic hydroxyl groups is 1. The molecule has 0 aliphatic heterocycles. The summed E-state index contributed by atoms with van der Waals surface area (Å²) in [5.41, 5.74) is -0.775. The van der Waals surface area contributed by atoms with Crippen LogP contribution >= 0.6 is 0 Å². The molecule has 4 nitrogen and oxygen atoms in total. The van der Waals surface area contributed by atoms with E-state index in [0.29, 0.717) is 37.1 Å². The van der Waals surface area contributed by atoms with E-state index in [2.05, 4.69) is 18.3 Å². The summed E-state index contributed by atoms with van der Waals surface area (Å²) >= 11 is 0. The molecular formula is C15H24N2O2. The van der Waals surface area contributed by atoms with Gasteiger partial charge in [0.15, 0.2) is 0 Å². The van der Waals surface area contributed by atoms with Crippen molar-refractivity contribution >= 4 is 5.91 Å². The van der Waals surface area contributed by atoms with Crippen molar-refractivity contribution in [1.29, 1.82) is 5.26 Å². The van der Waals surface area contributed by atoms with E-state index in [1.165, 1.54) is 12.8 Å². The molecule has 0 spiro atoms. The molecule has 4 heteroatoms. The standard InChI is InChI=1S/C15H24N2O2/c1-11-6-15(7-11,10-16)14(19)17-8-12-4-2-3-5-13(12)9-18/h11-13,18H,2-9H2,1H3,(H,17,19). The highest BCUT2D eigenvalue weighted by Crippen LogP contribution is 2.45. The van der Waals surface area contributed by atoms with E-state index in [1.807, 2.05) is 0 Å². The Morgan fingerprint density at radius 3 is 2.53 bits per heavy atom. The molecular weight excluding hydrogens is 240 g/mol. The summed E-state index contributed by atoms with van der Waals surface area (Å²) in [4.78, 5) is 12.2. The van der Waals surface area contributed by atoms with Crippen LogP contribution in [0.1, 0.15) is 45.4 Å². The normalized spacial score (nSPS) is 38.1. The zero-order chi connectivity index (χ0) is 13.9. The van der Waals surface area contributed by atoms with E-state index < -0.39 is 5.41 Å². The zero-order valence-electron chi connectivity index (χ0n) is 11.7. The highest BCUT2D eigenvalue weighted by Gasteiger charge is 2.48. The third kappa shape index (κ3) is 2.92.